The highest BCUT2D eigenvalue weighted by Gasteiger charge is 2.48. The molecule has 0 radical (unpaired) electrons. The van der Waals surface area contributed by atoms with Gasteiger partial charge in [0.2, 0.25) is 0 Å². The van der Waals surface area contributed by atoms with Crippen LogP contribution in [0.4, 0.5) is 0 Å². The van der Waals surface area contributed by atoms with E-state index in [1.54, 1.807) is 0 Å². The molecule has 0 amide bonds. The van der Waals surface area contributed by atoms with Crippen molar-refractivity contribution in [1.82, 2.24) is 0 Å². The van der Waals surface area contributed by atoms with E-state index in [0.29, 0.717) is 13.0 Å². The number of carbonyl (C=O) groups is 1. The highest BCUT2D eigenvalue weighted by atomic mass is 32.3. The maximum Gasteiger partial charge on any atom is 0.397 e. The second-order valence-electron chi connectivity index (χ2n) is 17.7. The van der Waals surface area contributed by atoms with Crippen LogP contribution in [0.5, 0.6) is 0 Å². The van der Waals surface area contributed by atoms with E-state index < -0.39 is 59.8 Å². The van der Waals surface area contributed by atoms with Crippen molar-refractivity contribution in [2.45, 2.75) is 230 Å². The zero-order chi connectivity index (χ0) is 49.6. The normalized spacial score (nSPS) is 20.0. The van der Waals surface area contributed by atoms with Gasteiger partial charge >= 0.3 is 16.4 Å². The number of carbonyl (C=O) groups excluding carboxylic acids is 1. The Balaban J connectivity index is 2.40. The second kappa shape index (κ2) is 45.4. The number of hydrogen-bond acceptors (Lipinski definition) is 11. The van der Waals surface area contributed by atoms with Gasteiger partial charge < -0.3 is 34.3 Å². The number of allylic oxidation sites excluding steroid dienone is 14. The molecule has 1 fully saturated rings. The molecular formula is C55H94O12S. The third-order valence-electron chi connectivity index (χ3n) is 11.5. The smallest absolute Gasteiger partial charge is 0.397 e. The Kier molecular flexibility index (Phi) is 42.3. The lowest BCUT2D eigenvalue weighted by molar-refractivity contribution is -0.301. The van der Waals surface area contributed by atoms with E-state index in [4.69, 9.17) is 18.9 Å². The molecule has 1 aliphatic rings. The van der Waals surface area contributed by atoms with Crippen molar-refractivity contribution >= 4 is 16.4 Å². The monoisotopic (exact) mass is 979 g/mol. The summed E-state index contributed by atoms with van der Waals surface area (Å²) < 4.78 is 59.2. The largest absolute Gasteiger partial charge is 0.457 e. The Morgan fingerprint density at radius 3 is 1.50 bits per heavy atom. The molecule has 68 heavy (non-hydrogen) atoms. The first-order valence-corrected chi connectivity index (χ1v) is 27.7. The van der Waals surface area contributed by atoms with Crippen LogP contribution in [0.15, 0.2) is 85.1 Å². The maximum atomic E-state index is 12.9. The molecule has 6 atom stereocenters. The molecule has 0 aromatic carbocycles. The average Bonchev–Trinajstić information content (AvgIpc) is 3.31. The third kappa shape index (κ3) is 38.1. The summed E-state index contributed by atoms with van der Waals surface area (Å²) in [6.45, 7) is 3.82. The Morgan fingerprint density at radius 2 is 1.01 bits per heavy atom. The molecule has 0 saturated carbocycles. The minimum absolute atomic E-state index is 0.0129. The van der Waals surface area contributed by atoms with Crippen molar-refractivity contribution in [3.05, 3.63) is 85.1 Å². The fourth-order valence-electron chi connectivity index (χ4n) is 7.55. The summed E-state index contributed by atoms with van der Waals surface area (Å²) in [6, 6.07) is 0. The quantitative estimate of drug-likeness (QED) is 0.0197. The zero-order valence-corrected chi connectivity index (χ0v) is 43.0. The fraction of sp³-hybridized carbons (Fsp3) is 0.727. The minimum atomic E-state index is -5.08. The molecule has 6 unspecified atom stereocenters. The van der Waals surface area contributed by atoms with E-state index in [2.05, 4.69) is 103 Å². The first kappa shape index (κ1) is 63.3. The van der Waals surface area contributed by atoms with E-state index in [-0.39, 0.29) is 19.6 Å². The van der Waals surface area contributed by atoms with Gasteiger partial charge in [-0.2, -0.15) is 8.42 Å². The Morgan fingerprint density at radius 1 is 0.574 bits per heavy atom. The molecule has 1 saturated heterocycles. The zero-order valence-electron chi connectivity index (χ0n) is 42.1. The SMILES string of the molecule is CC/C=C\C/C=C\C/C=C\C/C=C\C/C=C\C/C=C\CCCCC(=O)OC(COCCCCCCCCCCCC/C=C\CCCCCCCC)COC1OC(CO)C(O)C(OS(=O)(=O)O)C1O. The summed E-state index contributed by atoms with van der Waals surface area (Å²) in [6.07, 6.45) is 51.9. The number of aliphatic hydroxyl groups excluding tert-OH is 3. The van der Waals surface area contributed by atoms with Crippen LogP contribution >= 0.6 is 0 Å². The van der Waals surface area contributed by atoms with Gasteiger partial charge in [-0.3, -0.25) is 9.35 Å². The van der Waals surface area contributed by atoms with E-state index in [9.17, 15) is 33.1 Å². The van der Waals surface area contributed by atoms with E-state index in [1.165, 1.54) is 96.3 Å². The van der Waals surface area contributed by atoms with Gasteiger partial charge in [-0.15, -0.1) is 0 Å². The van der Waals surface area contributed by atoms with E-state index in [1.807, 2.05) is 0 Å². The number of unbranched alkanes of at least 4 members (excludes halogenated alkanes) is 18. The van der Waals surface area contributed by atoms with Gasteiger partial charge in [0.1, 0.15) is 30.5 Å². The molecule has 0 spiro atoms. The fourth-order valence-corrected chi connectivity index (χ4v) is 8.06. The first-order valence-electron chi connectivity index (χ1n) is 26.3. The van der Waals surface area contributed by atoms with Crippen LogP contribution in [0.1, 0.15) is 194 Å². The Hall–Kier alpha value is -2.72. The molecule has 0 aromatic heterocycles. The van der Waals surface area contributed by atoms with Gasteiger partial charge in [0.25, 0.3) is 0 Å². The van der Waals surface area contributed by atoms with Gasteiger partial charge in [0, 0.05) is 13.0 Å². The molecule has 0 bridgehead atoms. The Labute approximate surface area is 413 Å². The van der Waals surface area contributed by atoms with E-state index in [0.717, 1.165) is 70.6 Å². The number of rotatable bonds is 45. The summed E-state index contributed by atoms with van der Waals surface area (Å²) in [4.78, 5) is 12.9. The number of hydrogen-bond donors (Lipinski definition) is 4. The Bertz CT molecular complexity index is 1500. The summed E-state index contributed by atoms with van der Waals surface area (Å²) in [7, 11) is -5.08. The van der Waals surface area contributed by atoms with Crippen LogP contribution in [-0.2, 0) is 38.3 Å². The number of aliphatic hydroxyl groups is 3. The van der Waals surface area contributed by atoms with Crippen molar-refractivity contribution in [3.63, 3.8) is 0 Å². The standard InChI is InChI=1S/C55H94O12S/c1-3-5-7-9-11-13-15-17-19-21-23-25-26-28-30-32-34-36-38-40-42-44-51(57)65-49(48-64-55-53(59)54(67-68(60,61)62)52(58)50(46-56)66-55)47-63-45-43-41-39-37-35-33-31-29-27-24-22-20-18-16-14-12-10-8-6-4-2/h5,7,11,13,17-20,23,25,28,30,34,36,49-50,52-56,58-59H,3-4,6,8-10,12,14-16,21-22,24,26-27,29,31-33,35,37-48H2,1-2H3,(H,60,61,62)/b7-5-,13-11-,19-17-,20-18-,25-23-,30-28-,36-34-. The lowest BCUT2D eigenvalue weighted by atomic mass is 9.99. The molecule has 0 aromatic rings. The predicted octanol–water partition coefficient (Wildman–Crippen LogP) is 12.4. The predicted molar refractivity (Wildman–Crippen MR) is 275 cm³/mol. The van der Waals surface area contributed by atoms with Crippen molar-refractivity contribution in [1.29, 1.82) is 0 Å². The molecule has 13 heteroatoms. The van der Waals surface area contributed by atoms with Gasteiger partial charge in [-0.1, -0.05) is 182 Å². The third-order valence-corrected chi connectivity index (χ3v) is 12.0. The van der Waals surface area contributed by atoms with Crippen LogP contribution in [0.25, 0.3) is 0 Å². The number of esters is 1. The van der Waals surface area contributed by atoms with Gasteiger partial charge in [0.05, 0.1) is 19.8 Å². The molecule has 12 nitrogen and oxygen atoms in total. The van der Waals surface area contributed by atoms with Crippen LogP contribution < -0.4 is 0 Å². The lowest BCUT2D eigenvalue weighted by Crippen LogP contribution is -2.60. The van der Waals surface area contributed by atoms with Crippen LogP contribution in [0.3, 0.4) is 0 Å². The average molecular weight is 979 g/mol. The summed E-state index contributed by atoms with van der Waals surface area (Å²) in [5, 5.41) is 30.8. The van der Waals surface area contributed by atoms with Gasteiger partial charge in [-0.25, -0.2) is 4.18 Å². The van der Waals surface area contributed by atoms with Gasteiger partial charge in [0.15, 0.2) is 6.29 Å². The number of ether oxygens (including phenoxy) is 4. The maximum absolute atomic E-state index is 12.9. The molecule has 0 aliphatic carbocycles. The van der Waals surface area contributed by atoms with Crippen molar-refractivity contribution in [2.24, 2.45) is 0 Å². The van der Waals surface area contributed by atoms with Crippen LogP contribution in [-0.4, -0.2) is 97.5 Å². The minimum Gasteiger partial charge on any atom is -0.457 e. The molecule has 4 N–H and O–H groups in total. The lowest BCUT2D eigenvalue weighted by Gasteiger charge is -2.41. The van der Waals surface area contributed by atoms with Crippen molar-refractivity contribution in [2.75, 3.05) is 26.4 Å². The molecule has 1 rings (SSSR count). The summed E-state index contributed by atoms with van der Waals surface area (Å²) >= 11 is 0. The molecule has 1 heterocycles. The first-order chi connectivity index (χ1) is 33.1. The highest BCUT2D eigenvalue weighted by Crippen LogP contribution is 2.26. The summed E-state index contributed by atoms with van der Waals surface area (Å²) in [5.74, 6) is -0.443. The van der Waals surface area contributed by atoms with Crippen LogP contribution in [0.2, 0.25) is 0 Å². The van der Waals surface area contributed by atoms with Crippen molar-refractivity contribution < 1.29 is 56.2 Å². The van der Waals surface area contributed by atoms with Crippen LogP contribution in [0, 0.1) is 0 Å². The highest BCUT2D eigenvalue weighted by molar-refractivity contribution is 7.80. The second-order valence-corrected chi connectivity index (χ2v) is 18.8. The molecule has 392 valence electrons. The molecular weight excluding hydrogens is 885 g/mol. The topological polar surface area (TPSA) is 178 Å². The van der Waals surface area contributed by atoms with E-state index >= 15 is 0 Å². The van der Waals surface area contributed by atoms with Gasteiger partial charge in [-0.05, 0) is 89.9 Å². The summed E-state index contributed by atoms with van der Waals surface area (Å²) in [5.41, 5.74) is 0. The van der Waals surface area contributed by atoms with Crippen molar-refractivity contribution in [3.8, 4) is 0 Å². The molecule has 1 aliphatic heterocycles.